The van der Waals surface area contributed by atoms with Crippen LogP contribution in [0.2, 0.25) is 5.02 Å². The number of amides is 1. The quantitative estimate of drug-likeness (QED) is 0.588. The van der Waals surface area contributed by atoms with Gasteiger partial charge in [-0.05, 0) is 67.9 Å². The Hall–Kier alpha value is -2.96. The molecule has 160 valence electrons. The van der Waals surface area contributed by atoms with Crippen molar-refractivity contribution in [2.24, 2.45) is 5.92 Å². The van der Waals surface area contributed by atoms with Crippen molar-refractivity contribution in [3.8, 4) is 5.75 Å². The van der Waals surface area contributed by atoms with Crippen LogP contribution in [0.1, 0.15) is 24.1 Å². The van der Waals surface area contributed by atoms with Crippen molar-refractivity contribution in [1.29, 1.82) is 0 Å². The number of piperidine rings is 1. The summed E-state index contributed by atoms with van der Waals surface area (Å²) in [6.07, 6.45) is 4.98. The number of benzene rings is 1. The smallest absolute Gasteiger partial charge is 0.228 e. The SMILES string of the molecule is O=C(Nc1ccc(Cl)cn1)C1CCN(Cc2ccc(OCc3ccccn3)cc2)CC1. The predicted octanol–water partition coefficient (Wildman–Crippen LogP) is 4.56. The van der Waals surface area contributed by atoms with Crippen molar-refractivity contribution in [2.45, 2.75) is 26.0 Å². The molecule has 0 radical (unpaired) electrons. The summed E-state index contributed by atoms with van der Waals surface area (Å²) >= 11 is 5.84. The Morgan fingerprint density at radius 1 is 1.06 bits per heavy atom. The molecule has 1 amide bonds. The number of ether oxygens (including phenoxy) is 1. The molecule has 1 aromatic carbocycles. The van der Waals surface area contributed by atoms with Crippen molar-refractivity contribution in [2.75, 3.05) is 18.4 Å². The van der Waals surface area contributed by atoms with Gasteiger partial charge in [-0.15, -0.1) is 0 Å². The second kappa shape index (κ2) is 10.4. The summed E-state index contributed by atoms with van der Waals surface area (Å²) in [6, 6.07) is 17.4. The Bertz CT molecular complexity index is 973. The number of hydrogen-bond acceptors (Lipinski definition) is 5. The summed E-state index contributed by atoms with van der Waals surface area (Å²) in [5.41, 5.74) is 2.14. The number of pyridine rings is 2. The van der Waals surface area contributed by atoms with E-state index in [1.54, 1.807) is 18.3 Å². The number of halogens is 1. The van der Waals surface area contributed by atoms with E-state index in [-0.39, 0.29) is 11.8 Å². The van der Waals surface area contributed by atoms with E-state index < -0.39 is 0 Å². The van der Waals surface area contributed by atoms with Crippen LogP contribution in [0.4, 0.5) is 5.82 Å². The van der Waals surface area contributed by atoms with E-state index in [2.05, 4.69) is 32.3 Å². The molecule has 0 atom stereocenters. The van der Waals surface area contributed by atoms with Gasteiger partial charge in [0.1, 0.15) is 18.2 Å². The van der Waals surface area contributed by atoms with Gasteiger partial charge in [-0.2, -0.15) is 0 Å². The second-order valence-electron chi connectivity index (χ2n) is 7.66. The molecule has 3 aromatic rings. The molecule has 1 aliphatic heterocycles. The minimum Gasteiger partial charge on any atom is -0.487 e. The first-order valence-electron chi connectivity index (χ1n) is 10.4. The van der Waals surface area contributed by atoms with E-state index >= 15 is 0 Å². The van der Waals surface area contributed by atoms with Gasteiger partial charge in [-0.3, -0.25) is 14.7 Å². The molecule has 7 heteroatoms. The predicted molar refractivity (Wildman–Crippen MR) is 121 cm³/mol. The zero-order valence-electron chi connectivity index (χ0n) is 17.2. The molecule has 1 saturated heterocycles. The maximum absolute atomic E-state index is 12.5. The summed E-state index contributed by atoms with van der Waals surface area (Å²) in [5.74, 6) is 1.42. The Labute approximate surface area is 187 Å². The van der Waals surface area contributed by atoms with Crippen molar-refractivity contribution in [3.63, 3.8) is 0 Å². The van der Waals surface area contributed by atoms with Gasteiger partial charge in [-0.25, -0.2) is 4.98 Å². The number of anilines is 1. The molecule has 0 aliphatic carbocycles. The topological polar surface area (TPSA) is 67.4 Å². The van der Waals surface area contributed by atoms with Gasteiger partial charge in [0.05, 0.1) is 10.7 Å². The molecule has 0 saturated carbocycles. The number of nitrogens with one attached hydrogen (secondary N) is 1. The third-order valence-electron chi connectivity index (χ3n) is 5.38. The maximum atomic E-state index is 12.5. The van der Waals surface area contributed by atoms with Crippen LogP contribution in [0, 0.1) is 5.92 Å². The van der Waals surface area contributed by atoms with E-state index in [0.717, 1.165) is 43.9 Å². The summed E-state index contributed by atoms with van der Waals surface area (Å²) in [6.45, 7) is 3.11. The summed E-state index contributed by atoms with van der Waals surface area (Å²) in [7, 11) is 0. The zero-order chi connectivity index (χ0) is 21.5. The molecule has 1 N–H and O–H groups in total. The Morgan fingerprint density at radius 2 is 1.87 bits per heavy atom. The minimum absolute atomic E-state index is 0.0103. The van der Waals surface area contributed by atoms with Gasteiger partial charge in [-0.1, -0.05) is 29.8 Å². The van der Waals surface area contributed by atoms with Crippen LogP contribution in [0.15, 0.2) is 67.0 Å². The fourth-order valence-electron chi connectivity index (χ4n) is 3.62. The van der Waals surface area contributed by atoms with E-state index in [0.29, 0.717) is 17.4 Å². The maximum Gasteiger partial charge on any atom is 0.228 e. The van der Waals surface area contributed by atoms with Gasteiger partial charge < -0.3 is 10.1 Å². The number of rotatable bonds is 7. The lowest BCUT2D eigenvalue weighted by atomic mass is 9.95. The molecule has 0 spiro atoms. The van der Waals surface area contributed by atoms with Gasteiger partial charge in [0.2, 0.25) is 5.91 Å². The molecular formula is C24H25ClN4O2. The number of aromatic nitrogens is 2. The standard InChI is InChI=1S/C24H25ClN4O2/c25-20-6-9-23(27-15-20)28-24(30)19-10-13-29(14-11-19)16-18-4-7-22(8-5-18)31-17-21-3-1-2-12-26-21/h1-9,12,15,19H,10-11,13-14,16-17H2,(H,27,28,30). The number of hydrogen-bond donors (Lipinski definition) is 1. The Morgan fingerprint density at radius 3 is 2.55 bits per heavy atom. The second-order valence-corrected chi connectivity index (χ2v) is 8.09. The number of carbonyl (C=O) groups excluding carboxylic acids is 1. The zero-order valence-corrected chi connectivity index (χ0v) is 18.0. The molecule has 3 heterocycles. The van der Waals surface area contributed by atoms with Crippen molar-refractivity contribution >= 4 is 23.3 Å². The molecule has 2 aromatic heterocycles. The highest BCUT2D eigenvalue weighted by atomic mass is 35.5. The van der Waals surface area contributed by atoms with Crippen LogP contribution in [0.3, 0.4) is 0 Å². The van der Waals surface area contributed by atoms with Crippen LogP contribution in [-0.2, 0) is 17.9 Å². The molecule has 31 heavy (non-hydrogen) atoms. The van der Waals surface area contributed by atoms with E-state index in [1.165, 1.54) is 11.8 Å². The lowest BCUT2D eigenvalue weighted by Crippen LogP contribution is -2.37. The van der Waals surface area contributed by atoms with Crippen LogP contribution in [0.25, 0.3) is 0 Å². The molecule has 0 bridgehead atoms. The fraction of sp³-hybridized carbons (Fsp3) is 0.292. The van der Waals surface area contributed by atoms with E-state index in [1.807, 2.05) is 30.3 Å². The fourth-order valence-corrected chi connectivity index (χ4v) is 3.73. The van der Waals surface area contributed by atoms with Gasteiger partial charge in [0.15, 0.2) is 0 Å². The molecule has 6 nitrogen and oxygen atoms in total. The van der Waals surface area contributed by atoms with Gasteiger partial charge >= 0.3 is 0 Å². The average molecular weight is 437 g/mol. The highest BCUT2D eigenvalue weighted by Gasteiger charge is 2.25. The number of nitrogens with zero attached hydrogens (tertiary/aromatic N) is 3. The first-order chi connectivity index (χ1) is 15.2. The van der Waals surface area contributed by atoms with Crippen LogP contribution >= 0.6 is 11.6 Å². The number of likely N-dealkylation sites (tertiary alicyclic amines) is 1. The van der Waals surface area contributed by atoms with Gasteiger partial charge in [0.25, 0.3) is 0 Å². The first-order valence-corrected chi connectivity index (χ1v) is 10.8. The normalized spacial score (nSPS) is 14.9. The van der Waals surface area contributed by atoms with Crippen LogP contribution < -0.4 is 10.1 Å². The largest absolute Gasteiger partial charge is 0.487 e. The van der Waals surface area contributed by atoms with Crippen molar-refractivity contribution in [1.82, 2.24) is 14.9 Å². The molecule has 0 unspecified atom stereocenters. The van der Waals surface area contributed by atoms with Crippen molar-refractivity contribution in [3.05, 3.63) is 83.3 Å². The third-order valence-corrected chi connectivity index (χ3v) is 5.60. The van der Waals surface area contributed by atoms with Crippen LogP contribution in [0.5, 0.6) is 5.75 Å². The molecule has 1 aliphatic rings. The van der Waals surface area contributed by atoms with E-state index in [4.69, 9.17) is 16.3 Å². The molecular weight excluding hydrogens is 412 g/mol. The van der Waals surface area contributed by atoms with E-state index in [9.17, 15) is 4.79 Å². The Balaban J connectivity index is 1.21. The monoisotopic (exact) mass is 436 g/mol. The lowest BCUT2D eigenvalue weighted by Gasteiger charge is -2.31. The summed E-state index contributed by atoms with van der Waals surface area (Å²) in [5, 5.41) is 3.44. The third kappa shape index (κ3) is 6.26. The number of carbonyl (C=O) groups is 1. The highest BCUT2D eigenvalue weighted by molar-refractivity contribution is 6.30. The lowest BCUT2D eigenvalue weighted by molar-refractivity contribution is -0.121. The van der Waals surface area contributed by atoms with Crippen LogP contribution in [-0.4, -0.2) is 33.9 Å². The summed E-state index contributed by atoms with van der Waals surface area (Å²) < 4.78 is 5.80. The highest BCUT2D eigenvalue weighted by Crippen LogP contribution is 2.22. The minimum atomic E-state index is 0.0103. The molecule has 4 rings (SSSR count). The van der Waals surface area contributed by atoms with Crippen molar-refractivity contribution < 1.29 is 9.53 Å². The first kappa shape index (κ1) is 21.3. The average Bonchev–Trinajstić information content (AvgIpc) is 2.81. The van der Waals surface area contributed by atoms with Gasteiger partial charge in [0, 0.05) is 24.9 Å². The summed E-state index contributed by atoms with van der Waals surface area (Å²) in [4.78, 5) is 23.3. The Kier molecular flexibility index (Phi) is 7.12. The molecule has 1 fully saturated rings.